The van der Waals surface area contributed by atoms with Gasteiger partial charge < -0.3 is 10.2 Å². The Kier molecular flexibility index (Phi) is 4.78. The van der Waals surface area contributed by atoms with Crippen LogP contribution in [0.2, 0.25) is 0 Å². The maximum Gasteiger partial charge on any atom is 0.408 e. The van der Waals surface area contributed by atoms with E-state index in [1.807, 2.05) is 6.07 Å². The van der Waals surface area contributed by atoms with E-state index in [1.165, 1.54) is 0 Å². The number of nitriles is 1. The lowest BCUT2D eigenvalue weighted by atomic mass is 9.97. The number of anilines is 1. The van der Waals surface area contributed by atoms with Gasteiger partial charge in [0.25, 0.3) is 0 Å². The van der Waals surface area contributed by atoms with Crippen molar-refractivity contribution in [2.75, 3.05) is 11.9 Å². The number of nitrogens with zero attached hydrogens (tertiary/aromatic N) is 3. The molecular weight excluding hydrogens is 309 g/mol. The summed E-state index contributed by atoms with van der Waals surface area (Å²) in [7, 11) is 0. The van der Waals surface area contributed by atoms with E-state index in [9.17, 15) is 18.0 Å². The second-order valence-electron chi connectivity index (χ2n) is 5.62. The molecule has 1 aromatic rings. The third-order valence-electron chi connectivity index (χ3n) is 3.92. The van der Waals surface area contributed by atoms with E-state index in [-0.39, 0.29) is 31.1 Å². The van der Waals surface area contributed by atoms with Crippen molar-refractivity contribution in [2.45, 2.75) is 44.9 Å². The Morgan fingerprint density at radius 1 is 1.43 bits per heavy atom. The lowest BCUT2D eigenvalue weighted by Crippen LogP contribution is -2.55. The van der Waals surface area contributed by atoms with Crippen LogP contribution in [0.3, 0.4) is 0 Å². The number of aryl methyl sites for hydroxylation is 1. The van der Waals surface area contributed by atoms with Crippen molar-refractivity contribution >= 4 is 11.7 Å². The highest BCUT2D eigenvalue weighted by Crippen LogP contribution is 2.32. The normalized spacial score (nSPS) is 21.7. The zero-order chi connectivity index (χ0) is 17.2. The number of carbonyl (C=O) groups excluding carboxylic acids is 1. The van der Waals surface area contributed by atoms with Gasteiger partial charge in [0, 0.05) is 19.5 Å². The van der Waals surface area contributed by atoms with Crippen LogP contribution in [0.1, 0.15) is 31.0 Å². The van der Waals surface area contributed by atoms with Gasteiger partial charge in [-0.2, -0.15) is 18.4 Å². The summed E-state index contributed by atoms with van der Waals surface area (Å²) >= 11 is 0. The van der Waals surface area contributed by atoms with Gasteiger partial charge in [0.15, 0.2) is 0 Å². The fourth-order valence-corrected chi connectivity index (χ4v) is 2.71. The van der Waals surface area contributed by atoms with E-state index in [4.69, 9.17) is 5.26 Å². The fourth-order valence-electron chi connectivity index (χ4n) is 2.71. The second kappa shape index (κ2) is 6.44. The van der Waals surface area contributed by atoms with Gasteiger partial charge in [0.1, 0.15) is 23.6 Å². The van der Waals surface area contributed by atoms with E-state index >= 15 is 0 Å². The van der Waals surface area contributed by atoms with Crippen LogP contribution in [-0.2, 0) is 4.79 Å². The number of aromatic nitrogens is 1. The molecule has 2 rings (SSSR count). The van der Waals surface area contributed by atoms with Gasteiger partial charge in [0.05, 0.1) is 0 Å². The molecule has 0 radical (unpaired) electrons. The van der Waals surface area contributed by atoms with Gasteiger partial charge in [-0.3, -0.25) is 4.79 Å². The van der Waals surface area contributed by atoms with Crippen molar-refractivity contribution in [2.24, 2.45) is 0 Å². The standard InChI is InChI=1S/C15H17F3N4O/c1-9-3-6-14(21-12(9)7-19)20-11-4-5-13(15(16,17)18)22(8-11)10(2)23/h3,6,11,13H,4-5,8H2,1-2H3,(H,20,21)/t11-,13+/m0/s1. The van der Waals surface area contributed by atoms with Crippen molar-refractivity contribution in [1.82, 2.24) is 9.88 Å². The minimum atomic E-state index is -4.42. The van der Waals surface area contributed by atoms with Crippen LogP contribution in [0, 0.1) is 18.3 Å². The Labute approximate surface area is 132 Å². The summed E-state index contributed by atoms with van der Waals surface area (Å²) in [6, 6.07) is 3.28. The van der Waals surface area contributed by atoms with E-state index in [2.05, 4.69) is 10.3 Å². The van der Waals surface area contributed by atoms with Gasteiger partial charge in [-0.25, -0.2) is 4.98 Å². The number of halogens is 3. The summed E-state index contributed by atoms with van der Waals surface area (Å²) in [6.07, 6.45) is -4.31. The zero-order valence-corrected chi connectivity index (χ0v) is 12.8. The van der Waals surface area contributed by atoms with Gasteiger partial charge in [-0.1, -0.05) is 6.07 Å². The number of pyridine rings is 1. The van der Waals surface area contributed by atoms with E-state index in [0.717, 1.165) is 17.4 Å². The fraction of sp³-hybridized carbons (Fsp3) is 0.533. The molecule has 1 N–H and O–H groups in total. The molecule has 2 atom stereocenters. The molecule has 1 aromatic heterocycles. The molecule has 124 valence electrons. The van der Waals surface area contributed by atoms with Crippen molar-refractivity contribution < 1.29 is 18.0 Å². The lowest BCUT2D eigenvalue weighted by molar-refractivity contribution is -0.195. The molecule has 0 unspecified atom stereocenters. The highest BCUT2D eigenvalue weighted by Gasteiger charge is 2.47. The van der Waals surface area contributed by atoms with E-state index < -0.39 is 18.1 Å². The minimum Gasteiger partial charge on any atom is -0.366 e. The van der Waals surface area contributed by atoms with E-state index in [1.54, 1.807) is 19.1 Å². The molecule has 5 nitrogen and oxygen atoms in total. The molecule has 23 heavy (non-hydrogen) atoms. The lowest BCUT2D eigenvalue weighted by Gasteiger charge is -2.40. The first-order valence-electron chi connectivity index (χ1n) is 7.20. The number of nitrogens with one attached hydrogen (secondary N) is 1. The average Bonchev–Trinajstić information content (AvgIpc) is 2.48. The number of hydrogen-bond acceptors (Lipinski definition) is 4. The summed E-state index contributed by atoms with van der Waals surface area (Å²) in [5, 5.41) is 12.0. The summed E-state index contributed by atoms with van der Waals surface area (Å²) in [5.74, 6) is -0.181. The number of likely N-dealkylation sites (tertiary alicyclic amines) is 1. The molecule has 1 aliphatic rings. The Balaban J connectivity index is 2.12. The van der Waals surface area contributed by atoms with Crippen LogP contribution in [0.25, 0.3) is 0 Å². The number of piperidine rings is 1. The molecule has 0 spiro atoms. The molecule has 1 fully saturated rings. The van der Waals surface area contributed by atoms with Gasteiger partial charge in [0.2, 0.25) is 5.91 Å². The number of carbonyl (C=O) groups is 1. The van der Waals surface area contributed by atoms with Crippen LogP contribution in [0.4, 0.5) is 19.0 Å². The summed E-state index contributed by atoms with van der Waals surface area (Å²) < 4.78 is 39.0. The van der Waals surface area contributed by atoms with Crippen LogP contribution < -0.4 is 5.32 Å². The molecule has 0 aromatic carbocycles. The Hall–Kier alpha value is -2.30. The molecular formula is C15H17F3N4O. The molecule has 2 heterocycles. The van der Waals surface area contributed by atoms with Crippen molar-refractivity contribution in [3.8, 4) is 6.07 Å². The summed E-state index contributed by atoms with van der Waals surface area (Å²) in [6.45, 7) is 2.84. The first kappa shape index (κ1) is 17.1. The van der Waals surface area contributed by atoms with Crippen LogP contribution in [0.5, 0.6) is 0 Å². The first-order chi connectivity index (χ1) is 10.7. The van der Waals surface area contributed by atoms with Crippen molar-refractivity contribution in [3.05, 3.63) is 23.4 Å². The molecule has 1 aliphatic heterocycles. The highest BCUT2D eigenvalue weighted by atomic mass is 19.4. The molecule has 1 amide bonds. The number of alkyl halides is 3. The Morgan fingerprint density at radius 2 is 2.13 bits per heavy atom. The average molecular weight is 326 g/mol. The maximum absolute atomic E-state index is 13.0. The van der Waals surface area contributed by atoms with Gasteiger partial charge in [-0.05, 0) is 31.4 Å². The van der Waals surface area contributed by atoms with Gasteiger partial charge in [-0.15, -0.1) is 0 Å². The van der Waals surface area contributed by atoms with Crippen molar-refractivity contribution in [3.63, 3.8) is 0 Å². The zero-order valence-electron chi connectivity index (χ0n) is 12.8. The second-order valence-corrected chi connectivity index (χ2v) is 5.62. The molecule has 0 bridgehead atoms. The smallest absolute Gasteiger partial charge is 0.366 e. The van der Waals surface area contributed by atoms with E-state index in [0.29, 0.717) is 5.82 Å². The molecule has 0 saturated carbocycles. The summed E-state index contributed by atoms with van der Waals surface area (Å²) in [4.78, 5) is 16.5. The molecule has 0 aliphatic carbocycles. The van der Waals surface area contributed by atoms with Crippen LogP contribution in [-0.4, -0.2) is 40.6 Å². The predicted molar refractivity (Wildman–Crippen MR) is 77.6 cm³/mol. The first-order valence-corrected chi connectivity index (χ1v) is 7.20. The molecule has 1 saturated heterocycles. The maximum atomic E-state index is 13.0. The number of amides is 1. The predicted octanol–water partition coefficient (Wildman–Crippen LogP) is 2.62. The highest BCUT2D eigenvalue weighted by molar-refractivity contribution is 5.74. The monoisotopic (exact) mass is 326 g/mol. The third kappa shape index (κ3) is 3.92. The van der Waals surface area contributed by atoms with Crippen molar-refractivity contribution in [1.29, 1.82) is 5.26 Å². The largest absolute Gasteiger partial charge is 0.408 e. The minimum absolute atomic E-state index is 0.0447. The Bertz CT molecular complexity index is 639. The van der Waals surface area contributed by atoms with Gasteiger partial charge >= 0.3 is 6.18 Å². The molecule has 8 heteroatoms. The SMILES string of the molecule is CC(=O)N1C[C@@H](Nc2ccc(C)c(C#N)n2)CC[C@@H]1C(F)(F)F. The number of hydrogen-bond donors (Lipinski definition) is 1. The quantitative estimate of drug-likeness (QED) is 0.907. The van der Waals surface area contributed by atoms with Crippen LogP contribution >= 0.6 is 0 Å². The summed E-state index contributed by atoms with van der Waals surface area (Å²) in [5.41, 5.74) is 0.992. The third-order valence-corrected chi connectivity index (χ3v) is 3.92. The topological polar surface area (TPSA) is 69.0 Å². The number of rotatable bonds is 2. The van der Waals surface area contributed by atoms with Crippen LogP contribution in [0.15, 0.2) is 12.1 Å². The Morgan fingerprint density at radius 3 is 2.70 bits per heavy atom.